The minimum Gasteiger partial charge on any atom is -0.458 e. The Kier molecular flexibility index (Phi) is 4.61. The summed E-state index contributed by atoms with van der Waals surface area (Å²) in [5, 5.41) is 2.22. The summed E-state index contributed by atoms with van der Waals surface area (Å²) >= 11 is 3.73. The molecule has 0 saturated heterocycles. The molecule has 2 aliphatic carbocycles. The van der Waals surface area contributed by atoms with E-state index in [-0.39, 0.29) is 29.4 Å². The average Bonchev–Trinajstić information content (AvgIpc) is 2.89. The second-order valence-corrected chi connectivity index (χ2v) is 9.03. The van der Waals surface area contributed by atoms with Crippen molar-refractivity contribution in [1.82, 2.24) is 0 Å². The predicted octanol–water partition coefficient (Wildman–Crippen LogP) is 5.86. The van der Waals surface area contributed by atoms with Crippen molar-refractivity contribution in [1.29, 1.82) is 0 Å². The third kappa shape index (κ3) is 3.16. The molecule has 0 radical (unpaired) electrons. The van der Waals surface area contributed by atoms with Gasteiger partial charge >= 0.3 is 11.9 Å². The number of ether oxygens (including phenoxy) is 2. The number of hydrogen-bond donors (Lipinski definition) is 0. The molecule has 0 bridgehead atoms. The Labute approximate surface area is 173 Å². The van der Waals surface area contributed by atoms with Crippen molar-refractivity contribution in [2.75, 3.05) is 0 Å². The molecule has 0 N–H and O–H groups in total. The fraction of sp³-hybridized carbons (Fsp3) is 0.391. The van der Waals surface area contributed by atoms with E-state index in [9.17, 15) is 9.59 Å². The van der Waals surface area contributed by atoms with Crippen LogP contribution in [0.4, 0.5) is 0 Å². The summed E-state index contributed by atoms with van der Waals surface area (Å²) in [6.07, 6.45) is 3.05. The molecule has 4 nitrogen and oxygen atoms in total. The highest BCUT2D eigenvalue weighted by molar-refractivity contribution is 9.10. The smallest absolute Gasteiger partial charge is 0.307 e. The van der Waals surface area contributed by atoms with Crippen LogP contribution in [0.3, 0.4) is 0 Å². The number of halogens is 1. The Morgan fingerprint density at radius 3 is 2.57 bits per heavy atom. The van der Waals surface area contributed by atoms with E-state index in [1.807, 2.05) is 6.08 Å². The first-order valence-electron chi connectivity index (χ1n) is 9.48. The van der Waals surface area contributed by atoms with Gasteiger partial charge in [0.05, 0.1) is 0 Å². The molecule has 0 aromatic heterocycles. The van der Waals surface area contributed by atoms with Crippen LogP contribution >= 0.6 is 15.9 Å². The lowest BCUT2D eigenvalue weighted by Gasteiger charge is -2.41. The number of benzene rings is 2. The Bertz CT molecular complexity index is 1040. The van der Waals surface area contributed by atoms with Crippen LogP contribution in [-0.2, 0) is 19.1 Å². The van der Waals surface area contributed by atoms with Crippen LogP contribution in [0.15, 0.2) is 40.6 Å². The molecule has 28 heavy (non-hydrogen) atoms. The number of fused-ring (bicyclic) bond motifs is 5. The second kappa shape index (κ2) is 6.73. The van der Waals surface area contributed by atoms with Gasteiger partial charge in [-0.1, -0.05) is 46.6 Å². The van der Waals surface area contributed by atoms with Crippen LogP contribution in [0.1, 0.15) is 62.3 Å². The van der Waals surface area contributed by atoms with Gasteiger partial charge in [0.15, 0.2) is 0 Å². The molecule has 0 heterocycles. The number of hydrogen-bond acceptors (Lipinski definition) is 4. The Morgan fingerprint density at radius 1 is 1.14 bits per heavy atom. The first-order chi connectivity index (χ1) is 13.2. The van der Waals surface area contributed by atoms with Gasteiger partial charge in [-0.2, -0.15) is 0 Å². The molecule has 146 valence electrons. The Balaban J connectivity index is 1.94. The molecule has 0 amide bonds. The van der Waals surface area contributed by atoms with E-state index in [0.29, 0.717) is 18.6 Å². The molecule has 5 heteroatoms. The maximum Gasteiger partial charge on any atom is 0.307 e. The van der Waals surface area contributed by atoms with Crippen LogP contribution in [0, 0.1) is 12.3 Å². The zero-order valence-electron chi connectivity index (χ0n) is 16.5. The zero-order valence-corrected chi connectivity index (χ0v) is 18.1. The van der Waals surface area contributed by atoms with E-state index in [4.69, 9.17) is 9.47 Å². The molecule has 2 aromatic carbocycles. The molecular formula is C23H23BrO4. The minimum absolute atomic E-state index is 0.171. The molecule has 0 aliphatic heterocycles. The summed E-state index contributed by atoms with van der Waals surface area (Å²) in [5.74, 6) is 0.282. The van der Waals surface area contributed by atoms with Crippen molar-refractivity contribution in [3.8, 4) is 0 Å². The zero-order chi connectivity index (χ0) is 20.2. The highest BCUT2D eigenvalue weighted by atomic mass is 79.9. The maximum atomic E-state index is 11.9. The molecule has 0 fully saturated rings. The first-order valence-corrected chi connectivity index (χ1v) is 10.3. The predicted molar refractivity (Wildman–Crippen MR) is 111 cm³/mol. The van der Waals surface area contributed by atoms with Crippen LogP contribution in [0.2, 0.25) is 0 Å². The Morgan fingerprint density at radius 2 is 1.89 bits per heavy atom. The van der Waals surface area contributed by atoms with Crippen molar-refractivity contribution in [3.63, 3.8) is 0 Å². The van der Waals surface area contributed by atoms with Gasteiger partial charge in [0.25, 0.3) is 0 Å². The summed E-state index contributed by atoms with van der Waals surface area (Å²) in [7, 11) is 0. The van der Waals surface area contributed by atoms with E-state index in [2.05, 4.69) is 54.0 Å². The summed E-state index contributed by atoms with van der Waals surface area (Å²) in [6, 6.07) is 8.50. The molecular weight excluding hydrogens is 420 g/mol. The lowest BCUT2D eigenvalue weighted by atomic mass is 9.65. The molecule has 0 spiro atoms. The van der Waals surface area contributed by atoms with E-state index in [1.165, 1.54) is 13.8 Å². The monoisotopic (exact) mass is 442 g/mol. The molecule has 3 atom stereocenters. The normalized spacial score (nSPS) is 25.7. The van der Waals surface area contributed by atoms with Crippen molar-refractivity contribution in [3.05, 3.63) is 57.3 Å². The summed E-state index contributed by atoms with van der Waals surface area (Å²) in [4.78, 5) is 23.4. The van der Waals surface area contributed by atoms with Gasteiger partial charge in [-0.15, -0.1) is 0 Å². The first kappa shape index (κ1) is 19.2. The van der Waals surface area contributed by atoms with E-state index >= 15 is 0 Å². The highest BCUT2D eigenvalue weighted by Crippen LogP contribution is 2.59. The molecule has 2 aromatic rings. The molecule has 0 saturated carbocycles. The van der Waals surface area contributed by atoms with Gasteiger partial charge in [0, 0.05) is 41.6 Å². The third-order valence-corrected chi connectivity index (χ3v) is 6.57. The topological polar surface area (TPSA) is 52.6 Å². The number of rotatable bonds is 2. The fourth-order valence-corrected chi connectivity index (χ4v) is 5.46. The summed E-state index contributed by atoms with van der Waals surface area (Å²) < 4.78 is 12.3. The molecule has 0 unspecified atom stereocenters. The van der Waals surface area contributed by atoms with Crippen LogP contribution < -0.4 is 0 Å². The van der Waals surface area contributed by atoms with E-state index in [1.54, 1.807) is 0 Å². The lowest BCUT2D eigenvalue weighted by molar-refractivity contribution is -0.148. The summed E-state index contributed by atoms with van der Waals surface area (Å²) in [6.45, 7) is 7.10. The standard InChI is InChI=1S/C23H23BrO4/c1-12-5-6-16-17(7-12)22-18(9-20(16)24)19-8-15(27-13(2)25)10-23(19,4)11-21(22)28-14(3)26/h5-7,9-10,19,21H,8,11H2,1-4H3/t19-,21+,23-/m0/s1. The quantitative estimate of drug-likeness (QED) is 0.546. The van der Waals surface area contributed by atoms with Crippen LogP contribution in [-0.4, -0.2) is 11.9 Å². The van der Waals surface area contributed by atoms with Crippen molar-refractivity contribution < 1.29 is 19.1 Å². The number of esters is 2. The number of aryl methyl sites for hydroxylation is 1. The van der Waals surface area contributed by atoms with Crippen LogP contribution in [0.5, 0.6) is 0 Å². The lowest BCUT2D eigenvalue weighted by Crippen LogP contribution is -2.31. The van der Waals surface area contributed by atoms with Gasteiger partial charge in [0.1, 0.15) is 11.9 Å². The van der Waals surface area contributed by atoms with Gasteiger partial charge in [-0.05, 0) is 41.8 Å². The molecule has 4 rings (SSSR count). The molecule has 2 aliphatic rings. The third-order valence-electron chi connectivity index (χ3n) is 5.91. The fourth-order valence-electron chi connectivity index (χ4n) is 4.87. The largest absolute Gasteiger partial charge is 0.458 e. The average molecular weight is 443 g/mol. The van der Waals surface area contributed by atoms with Crippen molar-refractivity contribution >= 4 is 38.6 Å². The number of carbonyl (C=O) groups excluding carboxylic acids is 2. The second-order valence-electron chi connectivity index (χ2n) is 8.18. The van der Waals surface area contributed by atoms with Gasteiger partial charge in [-0.25, -0.2) is 0 Å². The van der Waals surface area contributed by atoms with Gasteiger partial charge in [0.2, 0.25) is 0 Å². The summed E-state index contributed by atoms with van der Waals surface area (Å²) in [5.41, 5.74) is 3.16. The number of carbonyl (C=O) groups is 2. The Hall–Kier alpha value is -2.14. The highest BCUT2D eigenvalue weighted by Gasteiger charge is 2.48. The van der Waals surface area contributed by atoms with Crippen molar-refractivity contribution in [2.45, 2.75) is 52.6 Å². The van der Waals surface area contributed by atoms with E-state index < -0.39 is 0 Å². The maximum absolute atomic E-state index is 11.9. The minimum atomic E-state index is -0.334. The van der Waals surface area contributed by atoms with E-state index in [0.717, 1.165) is 31.9 Å². The van der Waals surface area contributed by atoms with Crippen molar-refractivity contribution in [2.24, 2.45) is 5.41 Å². The number of allylic oxidation sites excluding steroid dienone is 2. The van der Waals surface area contributed by atoms with Gasteiger partial charge < -0.3 is 9.47 Å². The van der Waals surface area contributed by atoms with Gasteiger partial charge in [-0.3, -0.25) is 9.59 Å². The SMILES string of the molecule is CC(=O)OC1=C[C@@]2(C)C[C@@H](OC(C)=O)c3c(cc(Br)c4ccc(C)cc34)[C@@H]2C1. The van der Waals surface area contributed by atoms with Crippen LogP contribution in [0.25, 0.3) is 10.8 Å².